The van der Waals surface area contributed by atoms with E-state index in [0.29, 0.717) is 49.6 Å². The molecule has 1 aromatic heterocycles. The van der Waals surface area contributed by atoms with E-state index < -0.39 is 46.9 Å². The number of morpholine rings is 1. The highest BCUT2D eigenvalue weighted by Crippen LogP contribution is 2.36. The van der Waals surface area contributed by atoms with E-state index in [1.54, 1.807) is 10.6 Å². The first-order valence-electron chi connectivity index (χ1n) is 12.1. The molecular formula is C27H29F3N2O5. The standard InChI is InChI=1S/C27H29F3N2O5/c1-15(2)25(13-33)32-12-19(16(3)34)27(35)18-10-26(24(11-23(18)32)31-4-6-36-7-5-31)37-14-20-21(29)8-17(28)9-22(20)30/h8-12,15,25,33H,4-7,13-14H2,1-3H3. The van der Waals surface area contributed by atoms with E-state index in [1.807, 2.05) is 18.7 Å². The molecule has 4 rings (SSSR count). The number of ketones is 1. The average Bonchev–Trinajstić information content (AvgIpc) is 2.85. The van der Waals surface area contributed by atoms with Crippen molar-refractivity contribution in [3.05, 3.63) is 69.3 Å². The third-order valence-electron chi connectivity index (χ3n) is 6.64. The summed E-state index contributed by atoms with van der Waals surface area (Å²) in [6.07, 6.45) is 1.47. The molecule has 1 fully saturated rings. The third-order valence-corrected chi connectivity index (χ3v) is 6.64. The Kier molecular flexibility index (Phi) is 7.89. The number of aliphatic hydroxyl groups excluding tert-OH is 1. The van der Waals surface area contributed by atoms with Gasteiger partial charge in [0.25, 0.3) is 0 Å². The summed E-state index contributed by atoms with van der Waals surface area (Å²) in [7, 11) is 0. The van der Waals surface area contributed by atoms with Crippen molar-refractivity contribution < 1.29 is 32.5 Å². The summed E-state index contributed by atoms with van der Waals surface area (Å²) in [6.45, 7) is 6.26. The number of rotatable bonds is 8. The minimum atomic E-state index is -1.09. The zero-order chi connectivity index (χ0) is 26.9. The molecular weight excluding hydrogens is 489 g/mol. The number of carbonyl (C=O) groups excluding carboxylic acids is 1. The normalized spacial score (nSPS) is 14.9. The Balaban J connectivity index is 1.92. The van der Waals surface area contributed by atoms with Crippen molar-refractivity contribution in [2.24, 2.45) is 5.92 Å². The van der Waals surface area contributed by atoms with Gasteiger partial charge in [-0.05, 0) is 25.0 Å². The van der Waals surface area contributed by atoms with E-state index in [0.717, 1.165) is 0 Å². The third kappa shape index (κ3) is 5.35. The van der Waals surface area contributed by atoms with Gasteiger partial charge in [-0.3, -0.25) is 9.59 Å². The second-order valence-corrected chi connectivity index (χ2v) is 9.40. The van der Waals surface area contributed by atoms with Crippen LogP contribution in [0.1, 0.15) is 42.7 Å². The molecule has 3 aromatic rings. The van der Waals surface area contributed by atoms with Crippen molar-refractivity contribution in [1.82, 2.24) is 4.57 Å². The first-order chi connectivity index (χ1) is 17.6. The number of aliphatic hydroxyl groups is 1. The Labute approximate surface area is 212 Å². The molecule has 0 amide bonds. The highest BCUT2D eigenvalue weighted by atomic mass is 19.1. The Morgan fingerprint density at radius 1 is 1.11 bits per heavy atom. The van der Waals surface area contributed by atoms with Crippen molar-refractivity contribution in [1.29, 1.82) is 0 Å². The van der Waals surface area contributed by atoms with E-state index in [-0.39, 0.29) is 29.2 Å². The van der Waals surface area contributed by atoms with Crippen molar-refractivity contribution in [2.45, 2.75) is 33.4 Å². The molecule has 0 saturated carbocycles. The predicted molar refractivity (Wildman–Crippen MR) is 133 cm³/mol. The predicted octanol–water partition coefficient (Wildman–Crippen LogP) is 4.23. The molecule has 1 N–H and O–H groups in total. The number of hydrogen-bond acceptors (Lipinski definition) is 6. The van der Waals surface area contributed by atoms with Gasteiger partial charge in [-0.15, -0.1) is 0 Å². The van der Waals surface area contributed by atoms with E-state index in [4.69, 9.17) is 9.47 Å². The monoisotopic (exact) mass is 518 g/mol. The Hall–Kier alpha value is -3.37. The zero-order valence-electron chi connectivity index (χ0n) is 20.9. The molecule has 2 aromatic carbocycles. The molecule has 37 heavy (non-hydrogen) atoms. The number of hydrogen-bond donors (Lipinski definition) is 1. The van der Waals surface area contributed by atoms with E-state index in [9.17, 15) is 27.9 Å². The van der Waals surface area contributed by atoms with Crippen molar-refractivity contribution in [2.75, 3.05) is 37.8 Å². The second kappa shape index (κ2) is 10.9. The van der Waals surface area contributed by atoms with Crippen LogP contribution in [0.15, 0.2) is 35.3 Å². The number of pyridine rings is 1. The van der Waals surface area contributed by atoms with E-state index in [2.05, 4.69) is 0 Å². The van der Waals surface area contributed by atoms with Crippen LogP contribution in [0.25, 0.3) is 10.9 Å². The Bertz CT molecular complexity index is 1360. The van der Waals surface area contributed by atoms with Crippen LogP contribution < -0.4 is 15.1 Å². The topological polar surface area (TPSA) is 81.0 Å². The largest absolute Gasteiger partial charge is 0.486 e. The van der Waals surface area contributed by atoms with Crippen molar-refractivity contribution >= 4 is 22.4 Å². The van der Waals surface area contributed by atoms with Gasteiger partial charge in [0.2, 0.25) is 0 Å². The van der Waals surface area contributed by atoms with Crippen LogP contribution in [0.3, 0.4) is 0 Å². The number of benzene rings is 2. The van der Waals surface area contributed by atoms with Gasteiger partial charge in [-0.1, -0.05) is 13.8 Å². The number of carbonyl (C=O) groups is 1. The highest BCUT2D eigenvalue weighted by Gasteiger charge is 2.24. The fourth-order valence-electron chi connectivity index (χ4n) is 4.54. The minimum absolute atomic E-state index is 0.0253. The van der Waals surface area contributed by atoms with Gasteiger partial charge in [-0.2, -0.15) is 0 Å². The van der Waals surface area contributed by atoms with Crippen LogP contribution in [0.5, 0.6) is 5.75 Å². The molecule has 1 aliphatic heterocycles. The number of ether oxygens (including phenoxy) is 2. The van der Waals surface area contributed by atoms with Crippen LogP contribution in [0.4, 0.5) is 18.9 Å². The highest BCUT2D eigenvalue weighted by molar-refractivity contribution is 5.98. The summed E-state index contributed by atoms with van der Waals surface area (Å²) in [5, 5.41) is 10.3. The van der Waals surface area contributed by atoms with Crippen LogP contribution in [-0.2, 0) is 11.3 Å². The van der Waals surface area contributed by atoms with Crippen LogP contribution in [-0.4, -0.2) is 48.4 Å². The average molecular weight is 519 g/mol. The molecule has 2 heterocycles. The molecule has 1 saturated heterocycles. The maximum Gasteiger partial charge on any atom is 0.200 e. The lowest BCUT2D eigenvalue weighted by Gasteiger charge is -2.31. The summed E-state index contributed by atoms with van der Waals surface area (Å²) in [5.41, 5.74) is 0.0205. The van der Waals surface area contributed by atoms with Gasteiger partial charge >= 0.3 is 0 Å². The summed E-state index contributed by atoms with van der Waals surface area (Å²) in [4.78, 5) is 27.6. The van der Waals surface area contributed by atoms with E-state index in [1.165, 1.54) is 19.2 Å². The lowest BCUT2D eigenvalue weighted by molar-refractivity contribution is 0.101. The minimum Gasteiger partial charge on any atom is -0.486 e. The number of nitrogens with zero attached hydrogens (tertiary/aromatic N) is 2. The first kappa shape index (κ1) is 26.7. The SMILES string of the molecule is CC(=O)c1cn(C(CO)C(C)C)c2cc(N3CCOCC3)c(OCc3c(F)cc(F)cc3F)cc2c1=O. The van der Waals surface area contributed by atoms with Gasteiger partial charge in [0.1, 0.15) is 29.8 Å². The molecule has 0 aliphatic carbocycles. The summed E-state index contributed by atoms with van der Waals surface area (Å²) >= 11 is 0. The molecule has 10 heteroatoms. The first-order valence-corrected chi connectivity index (χ1v) is 12.1. The zero-order valence-corrected chi connectivity index (χ0v) is 20.9. The van der Waals surface area contributed by atoms with Gasteiger partial charge in [0.15, 0.2) is 11.2 Å². The van der Waals surface area contributed by atoms with Crippen LogP contribution in [0, 0.1) is 23.4 Å². The summed E-state index contributed by atoms with van der Waals surface area (Å²) in [5.74, 6) is -3.50. The van der Waals surface area contributed by atoms with E-state index >= 15 is 0 Å². The molecule has 0 spiro atoms. The number of anilines is 1. The molecule has 1 unspecified atom stereocenters. The molecule has 7 nitrogen and oxygen atoms in total. The van der Waals surface area contributed by atoms with Crippen molar-refractivity contribution in [3.8, 4) is 5.75 Å². The Morgan fingerprint density at radius 3 is 2.32 bits per heavy atom. The molecule has 1 aliphatic rings. The molecule has 198 valence electrons. The quantitative estimate of drug-likeness (QED) is 0.450. The van der Waals surface area contributed by atoms with Gasteiger partial charge in [-0.25, -0.2) is 13.2 Å². The molecule has 1 atom stereocenters. The Morgan fingerprint density at radius 2 is 1.76 bits per heavy atom. The fourth-order valence-corrected chi connectivity index (χ4v) is 4.54. The number of Topliss-reactive ketones (excluding diaryl/α,β-unsaturated/α-hetero) is 1. The van der Waals surface area contributed by atoms with Crippen LogP contribution >= 0.6 is 0 Å². The van der Waals surface area contributed by atoms with Gasteiger partial charge < -0.3 is 24.0 Å². The fraction of sp³-hybridized carbons (Fsp3) is 0.407. The molecule has 0 bridgehead atoms. The van der Waals surface area contributed by atoms with Gasteiger partial charge in [0.05, 0.1) is 53.6 Å². The van der Waals surface area contributed by atoms with Crippen molar-refractivity contribution in [3.63, 3.8) is 0 Å². The molecule has 0 radical (unpaired) electrons. The second-order valence-electron chi connectivity index (χ2n) is 9.40. The lowest BCUT2D eigenvalue weighted by atomic mass is 10.0. The maximum atomic E-state index is 14.3. The smallest absolute Gasteiger partial charge is 0.200 e. The number of fused-ring (bicyclic) bond motifs is 1. The summed E-state index contributed by atoms with van der Waals surface area (Å²) in [6, 6.07) is 3.91. The number of aromatic nitrogens is 1. The lowest BCUT2D eigenvalue weighted by Crippen LogP contribution is -2.36. The van der Waals surface area contributed by atoms with Gasteiger partial charge in [0, 0.05) is 31.4 Å². The maximum absolute atomic E-state index is 14.3. The summed E-state index contributed by atoms with van der Waals surface area (Å²) < 4.78 is 55.0. The number of halogens is 3. The van der Waals surface area contributed by atoms with Crippen LogP contribution in [0.2, 0.25) is 0 Å².